The van der Waals surface area contributed by atoms with E-state index < -0.39 is 11.7 Å². The van der Waals surface area contributed by atoms with Crippen LogP contribution >= 0.6 is 0 Å². The molecule has 80 valence electrons. The van der Waals surface area contributed by atoms with Crippen molar-refractivity contribution in [2.45, 2.75) is 39.7 Å². The average Bonchev–Trinajstić information content (AvgIpc) is 1.99. The number of allylic oxidation sites excluding steroid dienone is 1. The van der Waals surface area contributed by atoms with Crippen LogP contribution in [-0.2, 0) is 9.53 Å². The van der Waals surface area contributed by atoms with Gasteiger partial charge < -0.3 is 4.74 Å². The van der Waals surface area contributed by atoms with Gasteiger partial charge in [-0.2, -0.15) is 0 Å². The van der Waals surface area contributed by atoms with E-state index in [2.05, 4.69) is 11.9 Å². The molecule has 4 nitrogen and oxygen atoms in total. The molecule has 0 saturated carbocycles. The lowest BCUT2D eigenvalue weighted by Crippen LogP contribution is -2.33. The zero-order chi connectivity index (χ0) is 11.4. The topological polar surface area (TPSA) is 55.4 Å². The maximum absolute atomic E-state index is 11.1. The van der Waals surface area contributed by atoms with E-state index in [4.69, 9.17) is 4.74 Å². The summed E-state index contributed by atoms with van der Waals surface area (Å²) >= 11 is 0. The lowest BCUT2D eigenvalue weighted by atomic mass is 10.2. The fourth-order valence-electron chi connectivity index (χ4n) is 0.710. The van der Waals surface area contributed by atoms with E-state index in [1.54, 1.807) is 27.7 Å². The Bertz CT molecular complexity index is 251. The Morgan fingerprint density at radius 1 is 1.36 bits per heavy atom. The molecule has 4 heteroatoms. The van der Waals surface area contributed by atoms with Crippen molar-refractivity contribution in [3.05, 3.63) is 12.3 Å². The summed E-state index contributed by atoms with van der Waals surface area (Å²) in [6.45, 7) is 10.4. The molecule has 0 aliphatic heterocycles. The maximum atomic E-state index is 11.1. The minimum atomic E-state index is -0.649. The molecule has 0 aliphatic carbocycles. The van der Waals surface area contributed by atoms with E-state index >= 15 is 0 Å². The molecule has 0 heterocycles. The van der Waals surface area contributed by atoms with Crippen LogP contribution in [0.5, 0.6) is 0 Å². The Labute approximate surface area is 84.3 Å². The lowest BCUT2D eigenvalue weighted by Gasteiger charge is -2.19. The molecule has 0 radical (unpaired) electrons. The summed E-state index contributed by atoms with van der Waals surface area (Å²) in [5.41, 5.74) is -0.499. The van der Waals surface area contributed by atoms with Crippen LogP contribution in [0, 0.1) is 0 Å². The first-order valence-electron chi connectivity index (χ1n) is 4.48. The van der Waals surface area contributed by atoms with Gasteiger partial charge in [0.25, 0.3) is 0 Å². The smallest absolute Gasteiger partial charge is 0.412 e. The second kappa shape index (κ2) is 4.79. The van der Waals surface area contributed by atoms with Crippen LogP contribution in [0.2, 0.25) is 0 Å². The second-order valence-corrected chi connectivity index (χ2v) is 3.88. The Morgan fingerprint density at radius 3 is 2.21 bits per heavy atom. The van der Waals surface area contributed by atoms with Crippen molar-refractivity contribution in [3.8, 4) is 0 Å². The highest BCUT2D eigenvalue weighted by molar-refractivity contribution is 5.97. The van der Waals surface area contributed by atoms with Gasteiger partial charge in [-0.3, -0.25) is 10.1 Å². The molecule has 0 aromatic rings. The summed E-state index contributed by atoms with van der Waals surface area (Å²) in [4.78, 5) is 22.2. The molecule has 14 heavy (non-hydrogen) atoms. The molecule has 0 aromatic heterocycles. The molecule has 0 unspecified atom stereocenters. The van der Waals surface area contributed by atoms with Crippen LogP contribution in [-0.4, -0.2) is 17.5 Å². The Kier molecular flexibility index (Phi) is 4.34. The zero-order valence-corrected chi connectivity index (χ0v) is 9.14. The minimum Gasteiger partial charge on any atom is -0.444 e. The van der Waals surface area contributed by atoms with Gasteiger partial charge in [0.05, 0.1) is 5.70 Å². The molecule has 0 fully saturated rings. The molecule has 0 atom stereocenters. The Morgan fingerprint density at radius 2 is 1.86 bits per heavy atom. The quantitative estimate of drug-likeness (QED) is 0.707. The van der Waals surface area contributed by atoms with Crippen LogP contribution in [0.25, 0.3) is 0 Å². The number of carbonyl (C=O) groups is 2. The van der Waals surface area contributed by atoms with E-state index in [0.717, 1.165) is 0 Å². The summed E-state index contributed by atoms with van der Waals surface area (Å²) in [5.74, 6) is -0.198. The molecule has 0 aliphatic rings. The zero-order valence-electron chi connectivity index (χ0n) is 9.14. The summed E-state index contributed by atoms with van der Waals surface area (Å²) in [7, 11) is 0. The highest BCUT2D eigenvalue weighted by Crippen LogP contribution is 2.07. The lowest BCUT2D eigenvalue weighted by molar-refractivity contribution is -0.115. The normalized spacial score (nSPS) is 10.6. The van der Waals surface area contributed by atoms with Crippen molar-refractivity contribution in [3.63, 3.8) is 0 Å². The summed E-state index contributed by atoms with van der Waals surface area (Å²) in [5, 5.41) is 2.28. The number of ether oxygens (including phenoxy) is 1. The number of carbonyl (C=O) groups excluding carboxylic acids is 2. The number of rotatable bonds is 3. The van der Waals surface area contributed by atoms with E-state index in [9.17, 15) is 9.59 Å². The molecular formula is C10H17NO3. The van der Waals surface area contributed by atoms with Gasteiger partial charge in [0.15, 0.2) is 5.78 Å². The monoisotopic (exact) mass is 199 g/mol. The van der Waals surface area contributed by atoms with Crippen LogP contribution < -0.4 is 5.32 Å². The summed E-state index contributed by atoms with van der Waals surface area (Å²) < 4.78 is 4.94. The predicted octanol–water partition coefficient (Wildman–Crippen LogP) is 2.00. The fourth-order valence-corrected chi connectivity index (χ4v) is 0.710. The van der Waals surface area contributed by atoms with Gasteiger partial charge >= 0.3 is 6.09 Å². The maximum Gasteiger partial charge on any atom is 0.412 e. The number of alkyl carbamates (subject to hydrolysis) is 1. The highest BCUT2D eigenvalue weighted by Gasteiger charge is 2.17. The first-order valence-corrected chi connectivity index (χ1v) is 4.48. The number of hydrogen-bond acceptors (Lipinski definition) is 3. The summed E-state index contributed by atoms with van der Waals surface area (Å²) in [6, 6.07) is 0. The average molecular weight is 199 g/mol. The van der Waals surface area contributed by atoms with Crippen molar-refractivity contribution in [1.29, 1.82) is 0 Å². The first-order chi connectivity index (χ1) is 6.26. The standard InChI is InChI=1S/C10H17NO3/c1-6-8(12)7(2)11-9(13)14-10(3,4)5/h2,6H2,1,3-5H3,(H,11,13). The number of hydrogen-bond donors (Lipinski definition) is 1. The highest BCUT2D eigenvalue weighted by atomic mass is 16.6. The predicted molar refractivity (Wildman–Crippen MR) is 53.8 cm³/mol. The van der Waals surface area contributed by atoms with E-state index in [0.29, 0.717) is 6.42 Å². The van der Waals surface area contributed by atoms with Crippen molar-refractivity contribution in [2.24, 2.45) is 0 Å². The SMILES string of the molecule is C=C(NC(=O)OC(C)(C)C)C(=O)CC. The molecule has 1 amide bonds. The molecule has 0 spiro atoms. The van der Waals surface area contributed by atoms with Gasteiger partial charge in [-0.25, -0.2) is 4.79 Å². The third kappa shape index (κ3) is 5.35. The number of Topliss-reactive ketones (excluding diaryl/α,β-unsaturated/α-hetero) is 1. The molecule has 0 bridgehead atoms. The minimum absolute atomic E-state index is 0.0711. The largest absolute Gasteiger partial charge is 0.444 e. The van der Waals surface area contributed by atoms with Crippen LogP contribution in [0.1, 0.15) is 34.1 Å². The van der Waals surface area contributed by atoms with Gasteiger partial charge in [0, 0.05) is 6.42 Å². The third-order valence-corrected chi connectivity index (χ3v) is 1.31. The number of ketones is 1. The van der Waals surface area contributed by atoms with E-state index in [1.807, 2.05) is 0 Å². The Hall–Kier alpha value is -1.32. The van der Waals surface area contributed by atoms with Gasteiger partial charge in [0.2, 0.25) is 0 Å². The molecule has 0 saturated heterocycles. The van der Waals surface area contributed by atoms with Crippen molar-refractivity contribution >= 4 is 11.9 Å². The van der Waals surface area contributed by atoms with Gasteiger partial charge in [-0.15, -0.1) is 0 Å². The van der Waals surface area contributed by atoms with Gasteiger partial charge in [0.1, 0.15) is 5.60 Å². The Balaban J connectivity index is 4.08. The van der Waals surface area contributed by atoms with Gasteiger partial charge in [-0.1, -0.05) is 13.5 Å². The first kappa shape index (κ1) is 12.7. The number of amides is 1. The van der Waals surface area contributed by atoms with Crippen molar-refractivity contribution < 1.29 is 14.3 Å². The number of nitrogens with one attached hydrogen (secondary N) is 1. The van der Waals surface area contributed by atoms with Crippen LogP contribution in [0.15, 0.2) is 12.3 Å². The third-order valence-electron chi connectivity index (χ3n) is 1.31. The van der Waals surface area contributed by atoms with Crippen LogP contribution in [0.3, 0.4) is 0 Å². The van der Waals surface area contributed by atoms with Crippen molar-refractivity contribution in [1.82, 2.24) is 5.32 Å². The second-order valence-electron chi connectivity index (χ2n) is 3.88. The van der Waals surface area contributed by atoms with Gasteiger partial charge in [-0.05, 0) is 20.8 Å². The van der Waals surface area contributed by atoms with Crippen molar-refractivity contribution in [2.75, 3.05) is 0 Å². The molecular weight excluding hydrogens is 182 g/mol. The van der Waals surface area contributed by atoms with E-state index in [-0.39, 0.29) is 11.5 Å². The fraction of sp³-hybridized carbons (Fsp3) is 0.600. The molecule has 0 rings (SSSR count). The summed E-state index contributed by atoms with van der Waals surface area (Å²) in [6.07, 6.45) is -0.335. The van der Waals surface area contributed by atoms with E-state index in [1.165, 1.54) is 0 Å². The van der Waals surface area contributed by atoms with Crippen LogP contribution in [0.4, 0.5) is 4.79 Å². The molecule has 0 aromatic carbocycles. The molecule has 1 N–H and O–H groups in total.